The predicted octanol–water partition coefficient (Wildman–Crippen LogP) is 3.04. The standard InChI is InChI=1S/C15H13F3N2O2S/c1-14(22)7-20(8-14)13(21)12-19-11(6-23-12)9-3-2-4-10(5-9)15(16,17)18/h2-6,22H,7-8H2,1H3. The Morgan fingerprint density at radius 3 is 2.70 bits per heavy atom. The van der Waals surface area contributed by atoms with Crippen LogP contribution in [0.15, 0.2) is 29.6 Å². The fraction of sp³-hybridized carbons (Fsp3) is 0.333. The van der Waals surface area contributed by atoms with Gasteiger partial charge in [0.15, 0.2) is 5.01 Å². The number of hydrogen-bond acceptors (Lipinski definition) is 4. The van der Waals surface area contributed by atoms with Gasteiger partial charge in [-0.15, -0.1) is 11.3 Å². The molecule has 1 aliphatic heterocycles. The number of carbonyl (C=O) groups excluding carboxylic acids is 1. The molecule has 3 rings (SSSR count). The fourth-order valence-corrected chi connectivity index (χ4v) is 3.21. The third-order valence-corrected chi connectivity index (χ3v) is 4.35. The average Bonchev–Trinajstić information content (AvgIpc) is 2.93. The second-order valence-corrected chi connectivity index (χ2v) is 6.63. The molecular formula is C15H13F3N2O2S. The van der Waals surface area contributed by atoms with E-state index in [0.29, 0.717) is 11.3 Å². The van der Waals surface area contributed by atoms with Gasteiger partial charge in [0.2, 0.25) is 0 Å². The van der Waals surface area contributed by atoms with Crippen LogP contribution >= 0.6 is 11.3 Å². The van der Waals surface area contributed by atoms with E-state index in [1.165, 1.54) is 17.0 Å². The lowest BCUT2D eigenvalue weighted by Gasteiger charge is -2.43. The van der Waals surface area contributed by atoms with Gasteiger partial charge in [0.25, 0.3) is 5.91 Å². The van der Waals surface area contributed by atoms with Gasteiger partial charge in [-0.25, -0.2) is 4.98 Å². The van der Waals surface area contributed by atoms with E-state index in [-0.39, 0.29) is 24.0 Å². The number of thiazole rings is 1. The molecule has 1 N–H and O–H groups in total. The highest BCUT2D eigenvalue weighted by molar-refractivity contribution is 7.12. The van der Waals surface area contributed by atoms with E-state index >= 15 is 0 Å². The van der Waals surface area contributed by atoms with Crippen LogP contribution < -0.4 is 0 Å². The quantitative estimate of drug-likeness (QED) is 0.913. The number of aromatic nitrogens is 1. The summed E-state index contributed by atoms with van der Waals surface area (Å²) in [4.78, 5) is 17.8. The van der Waals surface area contributed by atoms with Gasteiger partial charge in [0.1, 0.15) is 0 Å². The molecule has 1 aromatic heterocycles. The minimum absolute atomic E-state index is 0.202. The van der Waals surface area contributed by atoms with E-state index in [1.54, 1.807) is 12.3 Å². The first-order chi connectivity index (χ1) is 10.7. The van der Waals surface area contributed by atoms with Crippen molar-refractivity contribution in [2.45, 2.75) is 18.7 Å². The predicted molar refractivity (Wildman–Crippen MR) is 79.1 cm³/mol. The molecule has 0 spiro atoms. The lowest BCUT2D eigenvalue weighted by atomic mass is 9.97. The van der Waals surface area contributed by atoms with E-state index in [4.69, 9.17) is 0 Å². The number of alkyl halides is 3. The molecule has 0 unspecified atom stereocenters. The summed E-state index contributed by atoms with van der Waals surface area (Å²) in [6, 6.07) is 4.83. The van der Waals surface area contributed by atoms with Crippen molar-refractivity contribution < 1.29 is 23.1 Å². The van der Waals surface area contributed by atoms with Gasteiger partial charge < -0.3 is 10.0 Å². The molecule has 0 saturated carbocycles. The SMILES string of the molecule is CC1(O)CN(C(=O)c2nc(-c3cccc(C(F)(F)F)c3)cs2)C1. The Labute approximate surface area is 134 Å². The highest BCUT2D eigenvalue weighted by atomic mass is 32.1. The van der Waals surface area contributed by atoms with Crippen molar-refractivity contribution in [2.24, 2.45) is 0 Å². The third kappa shape index (κ3) is 3.23. The van der Waals surface area contributed by atoms with E-state index in [2.05, 4.69) is 4.98 Å². The number of halogens is 3. The highest BCUT2D eigenvalue weighted by Crippen LogP contribution is 2.33. The van der Waals surface area contributed by atoms with Crippen molar-refractivity contribution in [1.29, 1.82) is 0 Å². The van der Waals surface area contributed by atoms with Crippen LogP contribution in [0.4, 0.5) is 13.2 Å². The van der Waals surface area contributed by atoms with Crippen LogP contribution in [0.5, 0.6) is 0 Å². The number of carbonyl (C=O) groups is 1. The Balaban J connectivity index is 1.81. The average molecular weight is 342 g/mol. The number of amides is 1. The first-order valence-electron chi connectivity index (χ1n) is 6.80. The number of hydrogen-bond donors (Lipinski definition) is 1. The molecule has 0 bridgehead atoms. The summed E-state index contributed by atoms with van der Waals surface area (Å²) in [6.45, 7) is 2.08. The number of rotatable bonds is 2. The molecule has 2 heterocycles. The molecule has 8 heteroatoms. The van der Waals surface area contributed by atoms with Crippen molar-refractivity contribution in [2.75, 3.05) is 13.1 Å². The van der Waals surface area contributed by atoms with Crippen molar-refractivity contribution in [3.8, 4) is 11.3 Å². The van der Waals surface area contributed by atoms with Crippen molar-refractivity contribution in [3.63, 3.8) is 0 Å². The van der Waals surface area contributed by atoms with Crippen LogP contribution in [0.25, 0.3) is 11.3 Å². The third-order valence-electron chi connectivity index (χ3n) is 3.52. The molecule has 1 fully saturated rings. The first-order valence-corrected chi connectivity index (χ1v) is 7.68. The summed E-state index contributed by atoms with van der Waals surface area (Å²) in [5.74, 6) is -0.320. The van der Waals surface area contributed by atoms with Gasteiger partial charge in [-0.3, -0.25) is 4.79 Å². The van der Waals surface area contributed by atoms with Gasteiger partial charge >= 0.3 is 6.18 Å². The molecule has 1 amide bonds. The Bertz CT molecular complexity index is 747. The molecule has 0 atom stereocenters. The summed E-state index contributed by atoms with van der Waals surface area (Å²) in [6.07, 6.45) is -4.42. The molecule has 0 aliphatic carbocycles. The van der Waals surface area contributed by atoms with Crippen molar-refractivity contribution in [3.05, 3.63) is 40.2 Å². The van der Waals surface area contributed by atoms with Gasteiger partial charge in [0, 0.05) is 10.9 Å². The van der Waals surface area contributed by atoms with Crippen LogP contribution in [0.1, 0.15) is 22.3 Å². The first kappa shape index (κ1) is 15.9. The summed E-state index contributed by atoms with van der Waals surface area (Å²) in [5, 5.41) is 11.4. The largest absolute Gasteiger partial charge is 0.416 e. The maximum absolute atomic E-state index is 12.7. The Morgan fingerprint density at radius 1 is 1.39 bits per heavy atom. The molecule has 2 aromatic rings. The molecular weight excluding hydrogens is 329 g/mol. The van der Waals surface area contributed by atoms with Crippen molar-refractivity contribution in [1.82, 2.24) is 9.88 Å². The zero-order valence-corrected chi connectivity index (χ0v) is 12.9. The number of benzene rings is 1. The van der Waals surface area contributed by atoms with Gasteiger partial charge in [-0.05, 0) is 19.1 Å². The van der Waals surface area contributed by atoms with Crippen LogP contribution in [0.3, 0.4) is 0 Å². The summed E-state index contributed by atoms with van der Waals surface area (Å²) < 4.78 is 38.2. The van der Waals surface area contributed by atoms with Gasteiger partial charge in [0.05, 0.1) is 29.9 Å². The Kier molecular flexibility index (Phi) is 3.68. The summed E-state index contributed by atoms with van der Waals surface area (Å²) in [7, 11) is 0. The highest BCUT2D eigenvalue weighted by Gasteiger charge is 2.40. The Hall–Kier alpha value is -1.93. The molecule has 1 saturated heterocycles. The van der Waals surface area contributed by atoms with E-state index in [0.717, 1.165) is 23.5 Å². The zero-order chi connectivity index (χ0) is 16.8. The van der Waals surface area contributed by atoms with E-state index in [1.807, 2.05) is 0 Å². The van der Waals surface area contributed by atoms with Crippen LogP contribution in [-0.4, -0.2) is 39.6 Å². The monoisotopic (exact) mass is 342 g/mol. The molecule has 1 aromatic carbocycles. The number of nitrogens with zero attached hydrogens (tertiary/aromatic N) is 2. The van der Waals surface area contributed by atoms with E-state index < -0.39 is 17.3 Å². The molecule has 23 heavy (non-hydrogen) atoms. The maximum atomic E-state index is 12.7. The van der Waals surface area contributed by atoms with Crippen molar-refractivity contribution >= 4 is 17.2 Å². The second-order valence-electron chi connectivity index (χ2n) is 5.77. The smallest absolute Gasteiger partial charge is 0.386 e. The molecule has 122 valence electrons. The number of β-amino-alcohol motifs (C(OH)–C–C–N with tert-alkyl or cyclic N) is 1. The topological polar surface area (TPSA) is 53.4 Å². The maximum Gasteiger partial charge on any atom is 0.416 e. The van der Waals surface area contributed by atoms with Crippen LogP contribution in [0, 0.1) is 0 Å². The van der Waals surface area contributed by atoms with Gasteiger partial charge in [-0.1, -0.05) is 12.1 Å². The molecule has 0 radical (unpaired) electrons. The minimum atomic E-state index is -4.42. The lowest BCUT2D eigenvalue weighted by molar-refractivity contribution is -0.137. The fourth-order valence-electron chi connectivity index (χ4n) is 2.41. The molecule has 4 nitrogen and oxygen atoms in total. The number of likely N-dealkylation sites (tertiary alicyclic amines) is 1. The minimum Gasteiger partial charge on any atom is -0.386 e. The normalized spacial score (nSPS) is 17.0. The number of aliphatic hydroxyl groups is 1. The lowest BCUT2D eigenvalue weighted by Crippen LogP contribution is -2.61. The Morgan fingerprint density at radius 2 is 2.09 bits per heavy atom. The van der Waals surface area contributed by atoms with Crippen LogP contribution in [-0.2, 0) is 6.18 Å². The second kappa shape index (κ2) is 5.31. The van der Waals surface area contributed by atoms with Crippen LogP contribution in [0.2, 0.25) is 0 Å². The summed E-state index contributed by atoms with van der Waals surface area (Å²) in [5.41, 5.74) is -0.992. The van der Waals surface area contributed by atoms with Gasteiger partial charge in [-0.2, -0.15) is 13.2 Å². The van der Waals surface area contributed by atoms with E-state index in [9.17, 15) is 23.1 Å². The summed E-state index contributed by atoms with van der Waals surface area (Å²) >= 11 is 1.08. The zero-order valence-electron chi connectivity index (χ0n) is 12.1. The molecule has 1 aliphatic rings.